The molecule has 2 aliphatic rings. The average molecular weight is 411 g/mol. The Bertz CT molecular complexity index is 951. The zero-order chi connectivity index (χ0) is 21.1. The summed E-state index contributed by atoms with van der Waals surface area (Å²) in [6.07, 6.45) is 4.62. The van der Waals surface area contributed by atoms with Crippen LogP contribution in [0.5, 0.6) is 5.75 Å². The Morgan fingerprint density at radius 3 is 2.73 bits per heavy atom. The average Bonchev–Trinajstić information content (AvgIpc) is 2.71. The minimum absolute atomic E-state index is 0.00446. The molecule has 0 radical (unpaired) electrons. The van der Waals surface area contributed by atoms with Gasteiger partial charge < -0.3 is 14.5 Å². The molecule has 2 saturated heterocycles. The molecule has 30 heavy (non-hydrogen) atoms. The summed E-state index contributed by atoms with van der Waals surface area (Å²) in [5, 5.41) is 4.41. The van der Waals surface area contributed by atoms with Gasteiger partial charge >= 0.3 is 0 Å². The number of carbonyl (C=O) groups is 1. The summed E-state index contributed by atoms with van der Waals surface area (Å²) in [6.45, 7) is 7.41. The molecule has 0 saturated carbocycles. The van der Waals surface area contributed by atoms with E-state index in [0.717, 1.165) is 38.0 Å². The first-order valence-electron chi connectivity index (χ1n) is 10.9. The van der Waals surface area contributed by atoms with E-state index in [4.69, 9.17) is 4.74 Å². The van der Waals surface area contributed by atoms with Crippen molar-refractivity contribution in [3.63, 3.8) is 0 Å². The van der Waals surface area contributed by atoms with Gasteiger partial charge in [0.1, 0.15) is 5.75 Å². The van der Waals surface area contributed by atoms with Gasteiger partial charge in [0.15, 0.2) is 6.61 Å². The van der Waals surface area contributed by atoms with Gasteiger partial charge in [-0.2, -0.15) is 5.10 Å². The predicted molar refractivity (Wildman–Crippen MR) is 116 cm³/mol. The first kappa shape index (κ1) is 20.4. The molecule has 160 valence electrons. The van der Waals surface area contributed by atoms with Crippen molar-refractivity contribution < 1.29 is 9.53 Å². The van der Waals surface area contributed by atoms with Crippen molar-refractivity contribution in [1.29, 1.82) is 0 Å². The third kappa shape index (κ3) is 4.50. The summed E-state index contributed by atoms with van der Waals surface area (Å²) < 4.78 is 7.29. The molecule has 4 rings (SSSR count). The molecular formula is C23H30N4O3. The van der Waals surface area contributed by atoms with Gasteiger partial charge in [-0.25, -0.2) is 4.68 Å². The lowest BCUT2D eigenvalue weighted by Crippen LogP contribution is -2.45. The topological polar surface area (TPSA) is 67.7 Å². The Morgan fingerprint density at radius 2 is 2.03 bits per heavy atom. The number of benzene rings is 1. The Balaban J connectivity index is 1.37. The van der Waals surface area contributed by atoms with E-state index in [2.05, 4.69) is 29.9 Å². The van der Waals surface area contributed by atoms with E-state index in [1.807, 2.05) is 18.2 Å². The van der Waals surface area contributed by atoms with Crippen molar-refractivity contribution in [3.05, 3.63) is 52.4 Å². The number of carbonyl (C=O) groups excluding carboxylic acids is 1. The van der Waals surface area contributed by atoms with Crippen molar-refractivity contribution in [2.45, 2.75) is 45.1 Å². The van der Waals surface area contributed by atoms with Crippen LogP contribution in [0.25, 0.3) is 0 Å². The van der Waals surface area contributed by atoms with Crippen molar-refractivity contribution in [3.8, 4) is 5.75 Å². The molecule has 7 nitrogen and oxygen atoms in total. The number of anilines is 1. The molecule has 0 aliphatic carbocycles. The highest BCUT2D eigenvalue weighted by atomic mass is 16.5. The molecule has 1 amide bonds. The summed E-state index contributed by atoms with van der Waals surface area (Å²) in [6, 6.07) is 9.45. The van der Waals surface area contributed by atoms with E-state index in [1.54, 1.807) is 17.2 Å². The van der Waals surface area contributed by atoms with Gasteiger partial charge in [-0.1, -0.05) is 26.0 Å². The third-order valence-electron chi connectivity index (χ3n) is 6.01. The van der Waals surface area contributed by atoms with Gasteiger partial charge in [0.05, 0.1) is 17.9 Å². The molecule has 2 fully saturated rings. The highest BCUT2D eigenvalue weighted by Crippen LogP contribution is 2.23. The quantitative estimate of drug-likeness (QED) is 0.733. The molecule has 1 aromatic heterocycles. The Kier molecular flexibility index (Phi) is 6.06. The summed E-state index contributed by atoms with van der Waals surface area (Å²) >= 11 is 0. The van der Waals surface area contributed by atoms with Crippen molar-refractivity contribution in [1.82, 2.24) is 14.7 Å². The number of ether oxygens (including phenoxy) is 1. The first-order chi connectivity index (χ1) is 14.5. The van der Waals surface area contributed by atoms with Crippen LogP contribution in [0.15, 0.2) is 41.3 Å². The molecule has 0 unspecified atom stereocenters. The summed E-state index contributed by atoms with van der Waals surface area (Å²) in [4.78, 5) is 29.3. The van der Waals surface area contributed by atoms with E-state index in [1.165, 1.54) is 10.2 Å². The second kappa shape index (κ2) is 8.90. The van der Waals surface area contributed by atoms with Crippen LogP contribution in [0.3, 0.4) is 0 Å². The molecule has 7 heteroatoms. The molecule has 0 bridgehead atoms. The molecule has 3 heterocycles. The SMILES string of the molecule is CC(C)c1cccc(OCC(=O)N2CCC[C@@H](n3ncc(N4CCC4)cc3=O)C2)c1. The predicted octanol–water partition coefficient (Wildman–Crippen LogP) is 2.82. The second-order valence-electron chi connectivity index (χ2n) is 8.49. The van der Waals surface area contributed by atoms with E-state index < -0.39 is 0 Å². The van der Waals surface area contributed by atoms with Crippen molar-refractivity contribution >= 4 is 11.6 Å². The third-order valence-corrected chi connectivity index (χ3v) is 6.01. The lowest BCUT2D eigenvalue weighted by atomic mass is 10.0. The van der Waals surface area contributed by atoms with E-state index in [-0.39, 0.29) is 24.1 Å². The van der Waals surface area contributed by atoms with Gasteiger partial charge in [0.2, 0.25) is 0 Å². The molecule has 0 N–H and O–H groups in total. The molecule has 1 atom stereocenters. The van der Waals surface area contributed by atoms with Crippen LogP contribution in [0.2, 0.25) is 0 Å². The van der Waals surface area contributed by atoms with E-state index >= 15 is 0 Å². The summed E-state index contributed by atoms with van der Waals surface area (Å²) in [5.41, 5.74) is 1.98. The Labute approximate surface area is 177 Å². The van der Waals surface area contributed by atoms with Gasteiger partial charge in [-0.3, -0.25) is 9.59 Å². The summed E-state index contributed by atoms with van der Waals surface area (Å²) in [7, 11) is 0. The van der Waals surface area contributed by atoms with Gasteiger partial charge in [-0.15, -0.1) is 0 Å². The molecule has 0 spiro atoms. The van der Waals surface area contributed by atoms with Crippen LogP contribution < -0.4 is 15.2 Å². The number of amides is 1. The maximum atomic E-state index is 12.7. The van der Waals surface area contributed by atoms with Crippen LogP contribution in [0.1, 0.15) is 50.6 Å². The van der Waals surface area contributed by atoms with Crippen LogP contribution in [0.4, 0.5) is 5.69 Å². The maximum Gasteiger partial charge on any atom is 0.269 e. The van der Waals surface area contributed by atoms with Crippen LogP contribution >= 0.6 is 0 Å². The minimum Gasteiger partial charge on any atom is -0.484 e. The lowest BCUT2D eigenvalue weighted by molar-refractivity contribution is -0.135. The number of piperidine rings is 1. The number of aromatic nitrogens is 2. The normalized spacial score (nSPS) is 19.0. The highest BCUT2D eigenvalue weighted by Gasteiger charge is 2.27. The molecule has 1 aromatic carbocycles. The van der Waals surface area contributed by atoms with Gasteiger partial charge in [0.25, 0.3) is 11.5 Å². The van der Waals surface area contributed by atoms with Gasteiger partial charge in [-0.05, 0) is 42.9 Å². The van der Waals surface area contributed by atoms with Crippen LogP contribution in [-0.4, -0.2) is 53.4 Å². The number of nitrogens with zero attached hydrogens (tertiary/aromatic N) is 4. The number of hydrogen-bond acceptors (Lipinski definition) is 5. The second-order valence-corrected chi connectivity index (χ2v) is 8.49. The Morgan fingerprint density at radius 1 is 1.20 bits per heavy atom. The molecular weight excluding hydrogens is 380 g/mol. The van der Waals surface area contributed by atoms with E-state index in [9.17, 15) is 9.59 Å². The summed E-state index contributed by atoms with van der Waals surface area (Å²) in [5.74, 6) is 1.06. The van der Waals surface area contributed by atoms with Crippen LogP contribution in [0, 0.1) is 0 Å². The number of rotatable bonds is 6. The number of hydrogen-bond donors (Lipinski definition) is 0. The number of likely N-dealkylation sites (tertiary alicyclic amines) is 1. The minimum atomic E-state index is -0.0968. The maximum absolute atomic E-state index is 12.7. The first-order valence-corrected chi connectivity index (χ1v) is 10.9. The highest BCUT2D eigenvalue weighted by molar-refractivity contribution is 5.77. The Hall–Kier alpha value is -2.83. The largest absolute Gasteiger partial charge is 0.484 e. The fourth-order valence-corrected chi connectivity index (χ4v) is 4.01. The standard InChI is InChI=1S/C23H30N4O3/c1-17(2)18-6-3-8-21(12-18)30-16-23(29)26-9-4-7-19(15-26)27-22(28)13-20(14-24-27)25-10-5-11-25/h3,6,8,12-14,17,19H,4-5,7,9-11,15-16H2,1-2H3/t19-/m1/s1. The van der Waals surface area contributed by atoms with Gasteiger partial charge in [0, 0.05) is 32.2 Å². The molecule has 2 aliphatic heterocycles. The van der Waals surface area contributed by atoms with Crippen LogP contribution in [-0.2, 0) is 4.79 Å². The fraction of sp³-hybridized carbons (Fsp3) is 0.522. The van der Waals surface area contributed by atoms with E-state index in [0.29, 0.717) is 24.8 Å². The zero-order valence-corrected chi connectivity index (χ0v) is 17.8. The zero-order valence-electron chi connectivity index (χ0n) is 17.8. The van der Waals surface area contributed by atoms with Crippen molar-refractivity contribution in [2.75, 3.05) is 37.7 Å². The smallest absolute Gasteiger partial charge is 0.269 e. The monoisotopic (exact) mass is 410 g/mol. The molecule has 2 aromatic rings. The fourth-order valence-electron chi connectivity index (χ4n) is 4.01. The van der Waals surface area contributed by atoms with Crippen molar-refractivity contribution in [2.24, 2.45) is 0 Å². The lowest BCUT2D eigenvalue weighted by Gasteiger charge is -2.34.